The summed E-state index contributed by atoms with van der Waals surface area (Å²) in [6, 6.07) is 0. The van der Waals surface area contributed by atoms with Gasteiger partial charge in [0.25, 0.3) is 0 Å². The Morgan fingerprint density at radius 2 is 2.17 bits per heavy atom. The summed E-state index contributed by atoms with van der Waals surface area (Å²) >= 11 is 0. The smallest absolute Gasteiger partial charge is 0.140 e. The molecule has 0 saturated heterocycles. The van der Waals surface area contributed by atoms with Crippen LogP contribution in [0.4, 0.5) is 0 Å². The number of ketones is 1. The third kappa shape index (κ3) is 0.584. The monoisotopic (exact) mass is 166 g/mol. The van der Waals surface area contributed by atoms with Crippen LogP contribution in [0.25, 0.3) is 0 Å². The lowest BCUT2D eigenvalue weighted by molar-refractivity contribution is -0.132. The van der Waals surface area contributed by atoms with E-state index in [-0.39, 0.29) is 10.8 Å². The topological polar surface area (TPSA) is 34.1 Å². The molecule has 2 heteroatoms. The van der Waals surface area contributed by atoms with Crippen LogP contribution in [0.1, 0.15) is 33.1 Å². The first-order valence-electron chi connectivity index (χ1n) is 4.54. The number of carbonyl (C=O) groups excluding carboxylic acids is 2. The Morgan fingerprint density at radius 3 is 2.42 bits per heavy atom. The van der Waals surface area contributed by atoms with E-state index in [0.717, 1.165) is 19.1 Å². The van der Waals surface area contributed by atoms with Crippen molar-refractivity contribution in [3.63, 3.8) is 0 Å². The highest BCUT2D eigenvalue weighted by Gasteiger charge is 2.63. The molecular weight excluding hydrogens is 152 g/mol. The fraction of sp³-hybridized carbons (Fsp3) is 0.800. The van der Waals surface area contributed by atoms with Gasteiger partial charge in [0.05, 0.1) is 0 Å². The fourth-order valence-electron chi connectivity index (χ4n) is 2.91. The van der Waals surface area contributed by atoms with Crippen LogP contribution in [-0.4, -0.2) is 12.1 Å². The van der Waals surface area contributed by atoms with E-state index in [1.807, 2.05) is 13.8 Å². The number of hydrogen-bond donors (Lipinski definition) is 0. The van der Waals surface area contributed by atoms with Gasteiger partial charge in [-0.15, -0.1) is 0 Å². The van der Waals surface area contributed by atoms with Crippen molar-refractivity contribution in [1.29, 1.82) is 0 Å². The summed E-state index contributed by atoms with van der Waals surface area (Å²) in [5.74, 6) is 0.626. The summed E-state index contributed by atoms with van der Waals surface area (Å²) in [5, 5.41) is 0. The van der Waals surface area contributed by atoms with Crippen molar-refractivity contribution in [3.05, 3.63) is 0 Å². The van der Waals surface area contributed by atoms with Gasteiger partial charge < -0.3 is 4.79 Å². The molecule has 0 aromatic rings. The summed E-state index contributed by atoms with van der Waals surface area (Å²) in [6.07, 6.45) is 3.60. The molecule has 2 fully saturated rings. The van der Waals surface area contributed by atoms with Crippen LogP contribution in [0.2, 0.25) is 0 Å². The Morgan fingerprint density at radius 1 is 1.50 bits per heavy atom. The average molecular weight is 166 g/mol. The van der Waals surface area contributed by atoms with Gasteiger partial charge in [0.1, 0.15) is 12.1 Å². The summed E-state index contributed by atoms with van der Waals surface area (Å²) in [4.78, 5) is 22.6. The lowest BCUT2D eigenvalue weighted by atomic mass is 9.70. The van der Waals surface area contributed by atoms with E-state index in [0.29, 0.717) is 18.1 Å². The second kappa shape index (κ2) is 1.98. The zero-order valence-corrected chi connectivity index (χ0v) is 7.59. The highest BCUT2D eigenvalue weighted by Crippen LogP contribution is 2.62. The van der Waals surface area contributed by atoms with Crippen molar-refractivity contribution in [2.24, 2.45) is 16.7 Å². The maximum absolute atomic E-state index is 11.6. The van der Waals surface area contributed by atoms with Gasteiger partial charge in [-0.05, 0) is 18.8 Å². The first kappa shape index (κ1) is 7.96. The molecule has 12 heavy (non-hydrogen) atoms. The number of hydrogen-bond acceptors (Lipinski definition) is 2. The maximum atomic E-state index is 11.6. The molecule has 66 valence electrons. The van der Waals surface area contributed by atoms with Crippen LogP contribution >= 0.6 is 0 Å². The molecule has 0 aromatic heterocycles. The average Bonchev–Trinajstić information content (AvgIpc) is 2.39. The number of rotatable bonds is 1. The Hall–Kier alpha value is -0.660. The van der Waals surface area contributed by atoms with Crippen LogP contribution in [0.5, 0.6) is 0 Å². The van der Waals surface area contributed by atoms with Gasteiger partial charge in [0.15, 0.2) is 0 Å². The molecule has 2 nitrogen and oxygen atoms in total. The van der Waals surface area contributed by atoms with Crippen molar-refractivity contribution in [2.75, 3.05) is 0 Å². The molecule has 0 radical (unpaired) electrons. The van der Waals surface area contributed by atoms with Crippen molar-refractivity contribution in [2.45, 2.75) is 33.1 Å². The molecule has 0 heterocycles. The zero-order valence-electron chi connectivity index (χ0n) is 7.59. The number of Topliss-reactive ketones (excluding diaryl/α,β-unsaturated/α-hetero) is 1. The molecule has 0 amide bonds. The molecule has 2 aliphatic carbocycles. The van der Waals surface area contributed by atoms with Gasteiger partial charge in [-0.25, -0.2) is 0 Å². The quantitative estimate of drug-likeness (QED) is 0.554. The van der Waals surface area contributed by atoms with E-state index in [9.17, 15) is 9.59 Å². The van der Waals surface area contributed by atoms with Crippen molar-refractivity contribution < 1.29 is 9.59 Å². The Kier molecular flexibility index (Phi) is 1.31. The van der Waals surface area contributed by atoms with E-state index in [1.54, 1.807) is 0 Å². The van der Waals surface area contributed by atoms with Gasteiger partial charge in [0, 0.05) is 17.3 Å². The van der Waals surface area contributed by atoms with Gasteiger partial charge in [-0.3, -0.25) is 4.79 Å². The van der Waals surface area contributed by atoms with E-state index in [4.69, 9.17) is 0 Å². The Balaban J connectivity index is 2.51. The second-order valence-electron chi connectivity index (χ2n) is 4.60. The first-order chi connectivity index (χ1) is 5.54. The normalized spacial score (nSPS) is 51.5. The van der Waals surface area contributed by atoms with E-state index >= 15 is 0 Å². The summed E-state index contributed by atoms with van der Waals surface area (Å²) in [7, 11) is 0. The van der Waals surface area contributed by atoms with Crippen LogP contribution in [0.15, 0.2) is 0 Å². The molecular formula is C10H14O2. The highest BCUT2D eigenvalue weighted by atomic mass is 16.1. The lowest BCUT2D eigenvalue weighted by Crippen LogP contribution is -2.36. The van der Waals surface area contributed by atoms with Crippen LogP contribution < -0.4 is 0 Å². The SMILES string of the molecule is C[C@]12CC[C@H](CC1=O)[C@@]2(C)C=O. The van der Waals surface area contributed by atoms with Gasteiger partial charge >= 0.3 is 0 Å². The number of carbonyl (C=O) groups is 2. The minimum Gasteiger partial charge on any atom is -0.303 e. The molecule has 2 aliphatic rings. The zero-order chi connectivity index (χ0) is 8.98. The van der Waals surface area contributed by atoms with Gasteiger partial charge in [0.2, 0.25) is 0 Å². The summed E-state index contributed by atoms with van der Waals surface area (Å²) in [6.45, 7) is 3.90. The fourth-order valence-corrected chi connectivity index (χ4v) is 2.91. The van der Waals surface area contributed by atoms with E-state index < -0.39 is 0 Å². The summed E-state index contributed by atoms with van der Waals surface area (Å²) in [5.41, 5.74) is -0.691. The van der Waals surface area contributed by atoms with E-state index in [1.165, 1.54) is 0 Å². The van der Waals surface area contributed by atoms with Gasteiger partial charge in [-0.2, -0.15) is 0 Å². The predicted molar refractivity (Wildman–Crippen MR) is 44.6 cm³/mol. The Labute approximate surface area is 72.3 Å². The lowest BCUT2D eigenvalue weighted by Gasteiger charge is -2.30. The molecule has 2 rings (SSSR count). The molecule has 0 aliphatic heterocycles. The summed E-state index contributed by atoms with van der Waals surface area (Å²) < 4.78 is 0. The van der Waals surface area contributed by atoms with Gasteiger partial charge in [-0.1, -0.05) is 13.8 Å². The minimum atomic E-state index is -0.357. The Bertz CT molecular complexity index is 257. The highest BCUT2D eigenvalue weighted by molar-refractivity contribution is 5.93. The molecule has 2 saturated carbocycles. The van der Waals surface area contributed by atoms with E-state index in [2.05, 4.69) is 0 Å². The predicted octanol–water partition coefficient (Wildman–Crippen LogP) is 1.58. The van der Waals surface area contributed by atoms with Crippen molar-refractivity contribution >= 4 is 12.1 Å². The first-order valence-corrected chi connectivity index (χ1v) is 4.54. The second-order valence-corrected chi connectivity index (χ2v) is 4.60. The molecule has 3 atom stereocenters. The van der Waals surface area contributed by atoms with Crippen molar-refractivity contribution in [1.82, 2.24) is 0 Å². The number of aldehydes is 1. The molecule has 0 N–H and O–H groups in total. The standard InChI is InChI=1S/C10H14O2/c1-9-4-3-7(5-8(9)12)10(9,2)6-11/h6-7H,3-5H2,1-2H3/t7-,9+,10-/m1/s1. The number of fused-ring (bicyclic) bond motifs is 2. The molecule has 0 unspecified atom stereocenters. The van der Waals surface area contributed by atoms with Crippen molar-refractivity contribution in [3.8, 4) is 0 Å². The largest absolute Gasteiger partial charge is 0.303 e. The third-order valence-electron chi connectivity index (χ3n) is 4.32. The maximum Gasteiger partial charge on any atom is 0.140 e. The molecule has 2 bridgehead atoms. The van der Waals surface area contributed by atoms with Crippen LogP contribution in [0.3, 0.4) is 0 Å². The minimum absolute atomic E-state index is 0.299. The molecule has 0 spiro atoms. The molecule has 0 aromatic carbocycles. The van der Waals surface area contributed by atoms with Crippen LogP contribution in [0, 0.1) is 16.7 Å². The third-order valence-corrected chi connectivity index (χ3v) is 4.32. The van der Waals surface area contributed by atoms with Crippen LogP contribution in [-0.2, 0) is 9.59 Å².